The second-order valence-corrected chi connectivity index (χ2v) is 7.28. The van der Waals surface area contributed by atoms with Crippen LogP contribution in [0.4, 0.5) is 14.5 Å². The zero-order valence-electron chi connectivity index (χ0n) is 17.2. The fourth-order valence-corrected chi connectivity index (χ4v) is 3.02. The quantitative estimate of drug-likeness (QED) is 0.625. The lowest BCUT2D eigenvalue weighted by atomic mass is 9.97. The van der Waals surface area contributed by atoms with Crippen LogP contribution in [0.3, 0.4) is 0 Å². The Balaban J connectivity index is 1.71. The number of halogens is 2. The van der Waals surface area contributed by atoms with Gasteiger partial charge >= 0.3 is 5.97 Å². The number of esters is 1. The number of amides is 1. The van der Waals surface area contributed by atoms with Gasteiger partial charge in [-0.2, -0.15) is 0 Å². The molecule has 1 N–H and O–H groups in total. The van der Waals surface area contributed by atoms with E-state index in [1.54, 1.807) is 44.2 Å². The van der Waals surface area contributed by atoms with Gasteiger partial charge in [-0.1, -0.05) is 24.3 Å². The summed E-state index contributed by atoms with van der Waals surface area (Å²) in [5.74, 6) is -1.51. The molecule has 0 aliphatic heterocycles. The van der Waals surface area contributed by atoms with Gasteiger partial charge in [0, 0.05) is 18.2 Å². The first kappa shape index (κ1) is 22.2. The molecule has 5 nitrogen and oxygen atoms in total. The summed E-state index contributed by atoms with van der Waals surface area (Å²) in [6, 6.07) is 10.5. The predicted molar refractivity (Wildman–Crippen MR) is 114 cm³/mol. The molecule has 1 unspecified atom stereocenters. The molecule has 1 aliphatic rings. The molecule has 31 heavy (non-hydrogen) atoms. The Morgan fingerprint density at radius 2 is 2.00 bits per heavy atom. The van der Waals surface area contributed by atoms with Crippen LogP contribution >= 0.6 is 0 Å². The van der Waals surface area contributed by atoms with Crippen molar-refractivity contribution >= 4 is 23.1 Å². The monoisotopic (exact) mass is 427 g/mol. The van der Waals surface area contributed by atoms with Gasteiger partial charge in [0.05, 0.1) is 11.7 Å². The number of carbonyl (C=O) groups is 2. The number of benzene rings is 2. The second kappa shape index (κ2) is 10.0. The second-order valence-electron chi connectivity index (χ2n) is 7.28. The van der Waals surface area contributed by atoms with Crippen LogP contribution in [0.5, 0.6) is 5.75 Å². The first-order valence-electron chi connectivity index (χ1n) is 9.88. The Labute approximate surface area is 179 Å². The minimum Gasteiger partial charge on any atom is -0.482 e. The molecule has 0 saturated carbocycles. The van der Waals surface area contributed by atoms with Crippen LogP contribution in [-0.4, -0.2) is 30.8 Å². The first-order chi connectivity index (χ1) is 14.8. The molecule has 1 amide bonds. The SMILES string of the molecule is CC(C)OC(=O)COc1cccc(NC(=O)c2cc(C3=CC(F)CC=C3)ccc2F)c1. The number of hydrogen-bond acceptors (Lipinski definition) is 4. The number of alkyl halides is 1. The number of nitrogens with one attached hydrogen (secondary N) is 1. The van der Waals surface area contributed by atoms with Crippen molar-refractivity contribution in [3.8, 4) is 5.75 Å². The Kier molecular flexibility index (Phi) is 7.18. The van der Waals surface area contributed by atoms with Gasteiger partial charge in [0.25, 0.3) is 5.91 Å². The topological polar surface area (TPSA) is 64.6 Å². The molecule has 0 saturated heterocycles. The van der Waals surface area contributed by atoms with E-state index >= 15 is 0 Å². The lowest BCUT2D eigenvalue weighted by Gasteiger charge is -2.13. The standard InChI is InChI=1S/C24H23F2NO4/c1-15(2)31-23(28)14-30-20-8-4-7-19(13-20)27-24(29)21-12-17(9-10-22(21)26)16-5-3-6-18(25)11-16/h3-5,7-13,15,18H,6,14H2,1-2H3,(H,27,29). The van der Waals surface area contributed by atoms with Crippen molar-refractivity contribution < 1.29 is 27.8 Å². The Bertz CT molecular complexity index is 1030. The van der Waals surface area contributed by atoms with Crippen LogP contribution in [-0.2, 0) is 9.53 Å². The summed E-state index contributed by atoms with van der Waals surface area (Å²) in [7, 11) is 0. The van der Waals surface area contributed by atoms with Gasteiger partial charge in [-0.3, -0.25) is 4.79 Å². The largest absolute Gasteiger partial charge is 0.482 e. The number of rotatable bonds is 7. The fourth-order valence-electron chi connectivity index (χ4n) is 3.02. The maximum atomic E-state index is 14.3. The first-order valence-corrected chi connectivity index (χ1v) is 9.88. The highest BCUT2D eigenvalue weighted by Gasteiger charge is 2.16. The zero-order valence-corrected chi connectivity index (χ0v) is 17.2. The van der Waals surface area contributed by atoms with E-state index in [1.807, 2.05) is 0 Å². The smallest absolute Gasteiger partial charge is 0.344 e. The maximum Gasteiger partial charge on any atom is 0.344 e. The van der Waals surface area contributed by atoms with Gasteiger partial charge in [-0.05, 0) is 55.3 Å². The van der Waals surface area contributed by atoms with Crippen molar-refractivity contribution in [2.45, 2.75) is 32.5 Å². The molecule has 1 atom stereocenters. The number of hydrogen-bond donors (Lipinski definition) is 1. The number of anilines is 1. The highest BCUT2D eigenvalue weighted by molar-refractivity contribution is 6.05. The zero-order chi connectivity index (χ0) is 22.4. The van der Waals surface area contributed by atoms with Gasteiger partial charge in [0.2, 0.25) is 0 Å². The van der Waals surface area contributed by atoms with Crippen LogP contribution in [0.15, 0.2) is 60.7 Å². The molecule has 162 valence electrons. The molecule has 7 heteroatoms. The summed E-state index contributed by atoms with van der Waals surface area (Å²) >= 11 is 0. The van der Waals surface area contributed by atoms with Crippen molar-refractivity contribution in [3.63, 3.8) is 0 Å². The van der Waals surface area contributed by atoms with E-state index in [-0.39, 0.29) is 18.3 Å². The molecule has 1 aliphatic carbocycles. The average Bonchev–Trinajstić information content (AvgIpc) is 2.72. The summed E-state index contributed by atoms with van der Waals surface area (Å²) in [5.41, 5.74) is 1.34. The lowest BCUT2D eigenvalue weighted by Crippen LogP contribution is -2.19. The molecule has 0 spiro atoms. The molecule has 0 aromatic heterocycles. The van der Waals surface area contributed by atoms with Crippen LogP contribution < -0.4 is 10.1 Å². The number of ether oxygens (including phenoxy) is 2. The molecule has 0 radical (unpaired) electrons. The van der Waals surface area contributed by atoms with Crippen molar-refractivity contribution in [1.82, 2.24) is 0 Å². The third-order valence-corrected chi connectivity index (χ3v) is 4.38. The van der Waals surface area contributed by atoms with Gasteiger partial charge < -0.3 is 14.8 Å². The maximum absolute atomic E-state index is 14.3. The summed E-state index contributed by atoms with van der Waals surface area (Å²) in [6.07, 6.45) is 3.83. The molecular weight excluding hydrogens is 404 g/mol. The van der Waals surface area contributed by atoms with Crippen molar-refractivity contribution in [2.24, 2.45) is 0 Å². The van der Waals surface area contributed by atoms with Gasteiger partial charge in [0.15, 0.2) is 6.61 Å². The van der Waals surface area contributed by atoms with Crippen LogP contribution in [0.25, 0.3) is 5.57 Å². The van der Waals surface area contributed by atoms with Gasteiger partial charge in [0.1, 0.15) is 17.7 Å². The third kappa shape index (κ3) is 6.25. The fraction of sp³-hybridized carbons (Fsp3) is 0.250. The molecule has 3 rings (SSSR count). The molecule has 2 aromatic carbocycles. The molecular formula is C24H23F2NO4. The summed E-state index contributed by atoms with van der Waals surface area (Å²) in [4.78, 5) is 24.3. The van der Waals surface area contributed by atoms with Crippen LogP contribution in [0.1, 0.15) is 36.2 Å². The van der Waals surface area contributed by atoms with Crippen LogP contribution in [0.2, 0.25) is 0 Å². The predicted octanol–water partition coefficient (Wildman–Crippen LogP) is 5.09. The highest BCUT2D eigenvalue weighted by Crippen LogP contribution is 2.25. The molecule has 0 heterocycles. The van der Waals surface area contributed by atoms with Crippen molar-refractivity contribution in [1.29, 1.82) is 0 Å². The molecule has 2 aromatic rings. The highest BCUT2D eigenvalue weighted by atomic mass is 19.1. The lowest BCUT2D eigenvalue weighted by molar-refractivity contribution is -0.149. The van der Waals surface area contributed by atoms with E-state index in [9.17, 15) is 18.4 Å². The van der Waals surface area contributed by atoms with E-state index in [1.165, 1.54) is 30.3 Å². The summed E-state index contributed by atoms with van der Waals surface area (Å²) in [6.45, 7) is 3.20. The minimum absolute atomic E-state index is 0.167. The number of allylic oxidation sites excluding steroid dienone is 4. The van der Waals surface area contributed by atoms with Gasteiger partial charge in [-0.25, -0.2) is 13.6 Å². The Hall–Kier alpha value is -3.48. The average molecular weight is 427 g/mol. The molecule has 0 bridgehead atoms. The third-order valence-electron chi connectivity index (χ3n) is 4.38. The minimum atomic E-state index is -1.11. The van der Waals surface area contributed by atoms with E-state index in [0.29, 0.717) is 29.0 Å². The Morgan fingerprint density at radius 1 is 1.19 bits per heavy atom. The van der Waals surface area contributed by atoms with Crippen molar-refractivity contribution in [2.75, 3.05) is 11.9 Å². The van der Waals surface area contributed by atoms with Gasteiger partial charge in [-0.15, -0.1) is 0 Å². The van der Waals surface area contributed by atoms with E-state index in [4.69, 9.17) is 9.47 Å². The normalized spacial score (nSPS) is 15.4. The summed E-state index contributed by atoms with van der Waals surface area (Å²) < 4.78 is 38.3. The summed E-state index contributed by atoms with van der Waals surface area (Å²) in [5, 5.41) is 2.61. The number of carbonyl (C=O) groups excluding carboxylic acids is 2. The van der Waals surface area contributed by atoms with Crippen LogP contribution in [0, 0.1) is 5.82 Å². The Morgan fingerprint density at radius 3 is 2.74 bits per heavy atom. The van der Waals surface area contributed by atoms with E-state index in [0.717, 1.165) is 0 Å². The van der Waals surface area contributed by atoms with E-state index in [2.05, 4.69) is 5.32 Å². The van der Waals surface area contributed by atoms with Crippen molar-refractivity contribution in [3.05, 3.63) is 77.6 Å². The van der Waals surface area contributed by atoms with E-state index < -0.39 is 23.9 Å². The molecule has 0 fully saturated rings.